The van der Waals surface area contributed by atoms with Gasteiger partial charge in [-0.25, -0.2) is 0 Å². The van der Waals surface area contributed by atoms with Crippen LogP contribution < -0.4 is 0 Å². The molecule has 1 N–H and O–H groups in total. The third kappa shape index (κ3) is 2.36. The second kappa shape index (κ2) is 3.75. The fourth-order valence-corrected chi connectivity index (χ4v) is 1.23. The van der Waals surface area contributed by atoms with E-state index in [1.165, 1.54) is 0 Å². The van der Waals surface area contributed by atoms with Gasteiger partial charge < -0.3 is 4.57 Å². The molecule has 0 aliphatic carbocycles. The van der Waals surface area contributed by atoms with Gasteiger partial charge in [0.1, 0.15) is 0 Å². The zero-order valence-electron chi connectivity index (χ0n) is 7.65. The van der Waals surface area contributed by atoms with Gasteiger partial charge in [0.25, 0.3) is 0 Å². The Balaban J connectivity index is 3.34. The largest absolute Gasteiger partial charge is 0.407 e. The van der Waals surface area contributed by atoms with E-state index in [2.05, 4.69) is 17.3 Å². The molecule has 0 spiro atoms. The Morgan fingerprint density at radius 1 is 1.19 bits per heavy atom. The monoisotopic (exact) mass is 265 g/mol. The fraction of sp³-hybridized carbons (Fsp3) is 0.667. The average Bonchev–Trinajstić information content (AvgIpc) is 2.31. The Morgan fingerprint density at radius 2 is 1.62 bits per heavy atom. The molecule has 0 bridgehead atoms. The number of aromatic nitrogens is 3. The maximum absolute atomic E-state index is 12.3. The van der Waals surface area contributed by atoms with Crippen LogP contribution in [0.15, 0.2) is 0 Å². The van der Waals surface area contributed by atoms with Crippen molar-refractivity contribution >= 4 is 12.2 Å². The number of hydrogen-bond donors (Lipinski definition) is 1. The molecular weight excluding hydrogens is 260 g/mol. The van der Waals surface area contributed by atoms with Crippen molar-refractivity contribution in [3.05, 3.63) is 10.6 Å². The highest BCUT2D eigenvalue weighted by Crippen LogP contribution is 2.45. The molecule has 0 amide bonds. The molecule has 10 heteroatoms. The van der Waals surface area contributed by atoms with Crippen LogP contribution in [0.4, 0.5) is 26.3 Å². The third-order valence-electron chi connectivity index (χ3n) is 1.83. The van der Waals surface area contributed by atoms with Crippen LogP contribution in [0.25, 0.3) is 0 Å². The lowest BCUT2D eigenvalue weighted by molar-refractivity contribution is -0.256. The first-order valence-corrected chi connectivity index (χ1v) is 4.20. The number of halogens is 6. The van der Waals surface area contributed by atoms with Gasteiger partial charge in [0.15, 0.2) is 10.6 Å². The Bertz CT molecular complexity index is 413. The summed E-state index contributed by atoms with van der Waals surface area (Å²) >= 11 is 4.45. The van der Waals surface area contributed by atoms with Gasteiger partial charge in [-0.3, -0.25) is 5.10 Å². The van der Waals surface area contributed by atoms with Crippen LogP contribution in [0.5, 0.6) is 0 Å². The summed E-state index contributed by atoms with van der Waals surface area (Å²) in [6.45, 7) is 0. The van der Waals surface area contributed by atoms with E-state index in [1.807, 2.05) is 5.10 Å². The minimum absolute atomic E-state index is 0.312. The summed E-state index contributed by atoms with van der Waals surface area (Å²) in [7, 11) is 0.978. The Hall–Kier alpha value is -1.06. The molecular formula is C6H5F6N3S. The van der Waals surface area contributed by atoms with Crippen LogP contribution in [0.3, 0.4) is 0 Å². The summed E-state index contributed by atoms with van der Waals surface area (Å²) in [6, 6.07) is 0. The van der Waals surface area contributed by atoms with Crippen LogP contribution in [0.2, 0.25) is 0 Å². The second-order valence-corrected chi connectivity index (χ2v) is 3.35. The molecule has 0 unspecified atom stereocenters. The highest BCUT2D eigenvalue weighted by atomic mass is 32.1. The SMILES string of the molecule is Cn1c(C(C(F)(F)F)C(F)(F)F)n[nH]c1=S. The van der Waals surface area contributed by atoms with Crippen molar-refractivity contribution in [3.63, 3.8) is 0 Å². The first-order chi connectivity index (χ1) is 7.05. The third-order valence-corrected chi connectivity index (χ3v) is 2.19. The Morgan fingerprint density at radius 3 is 1.88 bits per heavy atom. The van der Waals surface area contributed by atoms with Gasteiger partial charge in [0, 0.05) is 7.05 Å². The quantitative estimate of drug-likeness (QED) is 0.625. The van der Waals surface area contributed by atoms with E-state index >= 15 is 0 Å². The summed E-state index contributed by atoms with van der Waals surface area (Å²) in [5.74, 6) is -4.84. The van der Waals surface area contributed by atoms with Crippen LogP contribution in [0, 0.1) is 4.77 Å². The van der Waals surface area contributed by atoms with Crippen molar-refractivity contribution in [2.24, 2.45) is 7.05 Å². The summed E-state index contributed by atoms with van der Waals surface area (Å²) in [5.41, 5.74) is 0. The minimum Gasteiger partial charge on any atom is -0.306 e. The van der Waals surface area contributed by atoms with Crippen molar-refractivity contribution in [1.29, 1.82) is 0 Å². The van der Waals surface area contributed by atoms with Gasteiger partial charge >= 0.3 is 12.4 Å². The van der Waals surface area contributed by atoms with E-state index in [-0.39, 0.29) is 4.77 Å². The molecule has 92 valence electrons. The second-order valence-electron chi connectivity index (χ2n) is 2.96. The molecule has 1 aromatic heterocycles. The maximum Gasteiger partial charge on any atom is 0.407 e. The van der Waals surface area contributed by atoms with Gasteiger partial charge in [-0.1, -0.05) is 0 Å². The van der Waals surface area contributed by atoms with Crippen molar-refractivity contribution in [2.45, 2.75) is 18.3 Å². The van der Waals surface area contributed by atoms with Gasteiger partial charge in [0.2, 0.25) is 5.92 Å². The smallest absolute Gasteiger partial charge is 0.306 e. The number of hydrogen-bond acceptors (Lipinski definition) is 2. The Kier molecular flexibility index (Phi) is 3.05. The van der Waals surface area contributed by atoms with Crippen molar-refractivity contribution in [2.75, 3.05) is 0 Å². The zero-order valence-corrected chi connectivity index (χ0v) is 8.46. The van der Waals surface area contributed by atoms with Crippen molar-refractivity contribution in [1.82, 2.24) is 14.8 Å². The molecule has 0 aromatic carbocycles. The van der Waals surface area contributed by atoms with E-state index in [4.69, 9.17) is 0 Å². The van der Waals surface area contributed by atoms with Gasteiger partial charge in [-0.2, -0.15) is 31.4 Å². The molecule has 1 heterocycles. The standard InChI is InChI=1S/C6H5F6N3S/c1-15-3(13-14-4(15)16)2(5(7,8)9)6(10,11)12/h2H,1H3,(H,14,16). The highest BCUT2D eigenvalue weighted by molar-refractivity contribution is 7.71. The Labute approximate surface area is 90.1 Å². The summed E-state index contributed by atoms with van der Waals surface area (Å²) in [4.78, 5) is 0. The van der Waals surface area contributed by atoms with E-state index in [0.29, 0.717) is 4.57 Å². The zero-order chi connectivity index (χ0) is 12.7. The molecule has 1 rings (SSSR count). The fourth-order valence-electron chi connectivity index (χ4n) is 1.10. The first kappa shape index (κ1) is 13.0. The number of nitrogens with zero attached hydrogens (tertiary/aromatic N) is 2. The molecule has 0 aliphatic rings. The number of alkyl halides is 6. The van der Waals surface area contributed by atoms with Crippen molar-refractivity contribution in [3.8, 4) is 0 Å². The molecule has 0 saturated carbocycles. The first-order valence-electron chi connectivity index (χ1n) is 3.80. The number of nitrogens with one attached hydrogen (secondary N) is 1. The van der Waals surface area contributed by atoms with Gasteiger partial charge in [-0.05, 0) is 12.2 Å². The molecule has 1 aromatic rings. The highest BCUT2D eigenvalue weighted by Gasteiger charge is 2.59. The topological polar surface area (TPSA) is 33.6 Å². The van der Waals surface area contributed by atoms with Crippen molar-refractivity contribution < 1.29 is 26.3 Å². The number of aromatic amines is 1. The molecule has 16 heavy (non-hydrogen) atoms. The van der Waals surface area contributed by atoms with E-state index in [0.717, 1.165) is 7.05 Å². The van der Waals surface area contributed by atoms with E-state index < -0.39 is 24.1 Å². The van der Waals surface area contributed by atoms with Gasteiger partial charge in [0.05, 0.1) is 0 Å². The lowest BCUT2D eigenvalue weighted by Crippen LogP contribution is -2.36. The lowest BCUT2D eigenvalue weighted by Gasteiger charge is -2.21. The maximum atomic E-state index is 12.3. The summed E-state index contributed by atoms with van der Waals surface area (Å²) < 4.78 is 73.8. The number of rotatable bonds is 1. The molecule has 0 atom stereocenters. The molecule has 0 radical (unpaired) electrons. The molecule has 0 fully saturated rings. The van der Waals surface area contributed by atoms with Gasteiger partial charge in [-0.15, -0.1) is 0 Å². The normalized spacial score (nSPS) is 13.5. The molecule has 0 aliphatic heterocycles. The summed E-state index contributed by atoms with van der Waals surface area (Å²) in [6.07, 6.45) is -10.9. The molecule has 3 nitrogen and oxygen atoms in total. The predicted octanol–water partition coefficient (Wildman–Crippen LogP) is 2.69. The minimum atomic E-state index is -5.47. The molecule has 0 saturated heterocycles. The average molecular weight is 265 g/mol. The van der Waals surface area contributed by atoms with Crippen LogP contribution in [-0.2, 0) is 7.05 Å². The van der Waals surface area contributed by atoms with Crippen LogP contribution >= 0.6 is 12.2 Å². The van der Waals surface area contributed by atoms with Crippen LogP contribution in [-0.4, -0.2) is 27.1 Å². The summed E-state index contributed by atoms with van der Waals surface area (Å²) in [5, 5.41) is 4.83. The van der Waals surface area contributed by atoms with E-state index in [9.17, 15) is 26.3 Å². The predicted molar refractivity (Wildman–Crippen MR) is 43.2 cm³/mol. The van der Waals surface area contributed by atoms with E-state index in [1.54, 1.807) is 0 Å². The lowest BCUT2D eigenvalue weighted by atomic mass is 10.1. The van der Waals surface area contributed by atoms with Crippen LogP contribution in [0.1, 0.15) is 11.7 Å². The number of H-pyrrole nitrogens is 1.